The van der Waals surface area contributed by atoms with Gasteiger partial charge in [0.1, 0.15) is 5.82 Å². The van der Waals surface area contributed by atoms with E-state index in [1.54, 1.807) is 12.1 Å². The van der Waals surface area contributed by atoms with E-state index in [-0.39, 0.29) is 5.82 Å². The highest BCUT2D eigenvalue weighted by molar-refractivity contribution is 6.33. The molecule has 0 aliphatic carbocycles. The summed E-state index contributed by atoms with van der Waals surface area (Å²) in [7, 11) is 0. The van der Waals surface area contributed by atoms with E-state index in [1.165, 1.54) is 6.07 Å². The Kier molecular flexibility index (Phi) is 3.45. The molecule has 0 amide bonds. The van der Waals surface area contributed by atoms with Gasteiger partial charge in [0.25, 0.3) is 0 Å². The molecule has 90 valence electrons. The van der Waals surface area contributed by atoms with Crippen molar-refractivity contribution in [3.8, 4) is 11.1 Å². The molecule has 0 aliphatic heterocycles. The number of aromatic nitrogens is 2. The van der Waals surface area contributed by atoms with Crippen molar-refractivity contribution in [2.24, 2.45) is 5.73 Å². The van der Waals surface area contributed by atoms with Gasteiger partial charge in [0.15, 0.2) is 0 Å². The van der Waals surface area contributed by atoms with E-state index in [2.05, 4.69) is 10.2 Å². The second kappa shape index (κ2) is 4.85. The van der Waals surface area contributed by atoms with Crippen LogP contribution in [0.3, 0.4) is 0 Å². The maximum Gasteiger partial charge on any atom is 0.132 e. The second-order valence-electron chi connectivity index (χ2n) is 3.81. The zero-order valence-electron chi connectivity index (χ0n) is 9.43. The van der Waals surface area contributed by atoms with Gasteiger partial charge in [-0.2, -0.15) is 5.10 Å². The van der Waals surface area contributed by atoms with Crippen molar-refractivity contribution < 1.29 is 4.39 Å². The van der Waals surface area contributed by atoms with Crippen LogP contribution in [0.4, 0.5) is 4.39 Å². The van der Waals surface area contributed by atoms with Gasteiger partial charge >= 0.3 is 0 Å². The van der Waals surface area contributed by atoms with E-state index in [4.69, 9.17) is 17.3 Å². The number of rotatable bonds is 3. The minimum absolute atomic E-state index is 0.347. The van der Waals surface area contributed by atoms with E-state index in [0.717, 1.165) is 17.0 Å². The summed E-state index contributed by atoms with van der Waals surface area (Å²) in [5.41, 5.74) is 8.16. The number of H-pyrrole nitrogens is 1. The molecule has 0 atom stereocenters. The third-order valence-corrected chi connectivity index (χ3v) is 2.93. The van der Waals surface area contributed by atoms with Crippen LogP contribution >= 0.6 is 11.6 Å². The first-order valence-corrected chi connectivity index (χ1v) is 5.71. The molecular weight excluding hydrogens is 241 g/mol. The molecule has 0 fully saturated rings. The van der Waals surface area contributed by atoms with Crippen molar-refractivity contribution in [3.63, 3.8) is 0 Å². The van der Waals surface area contributed by atoms with Crippen molar-refractivity contribution in [1.82, 2.24) is 10.2 Å². The van der Waals surface area contributed by atoms with Gasteiger partial charge in [-0.25, -0.2) is 4.39 Å². The average molecular weight is 254 g/mol. The average Bonchev–Trinajstić information content (AvgIpc) is 2.62. The lowest BCUT2D eigenvalue weighted by Crippen LogP contribution is -2.04. The van der Waals surface area contributed by atoms with E-state index < -0.39 is 0 Å². The molecule has 1 aromatic heterocycles. The third-order valence-electron chi connectivity index (χ3n) is 2.62. The molecule has 0 aliphatic rings. The van der Waals surface area contributed by atoms with Gasteiger partial charge in [0.05, 0.1) is 10.7 Å². The lowest BCUT2D eigenvalue weighted by Gasteiger charge is -2.07. The first kappa shape index (κ1) is 12.1. The van der Waals surface area contributed by atoms with Gasteiger partial charge in [-0.3, -0.25) is 5.10 Å². The summed E-state index contributed by atoms with van der Waals surface area (Å²) in [6.45, 7) is 2.30. The van der Waals surface area contributed by atoms with Gasteiger partial charge in [-0.1, -0.05) is 17.7 Å². The van der Waals surface area contributed by atoms with E-state index in [9.17, 15) is 4.39 Å². The summed E-state index contributed by atoms with van der Waals surface area (Å²) in [4.78, 5) is 0. The van der Waals surface area contributed by atoms with Crippen molar-refractivity contribution >= 4 is 11.6 Å². The Balaban J connectivity index is 2.63. The van der Waals surface area contributed by atoms with Gasteiger partial charge in [-0.05, 0) is 25.6 Å². The Labute approximate surface area is 104 Å². The molecular formula is C12H13ClFN3. The Bertz CT molecular complexity index is 516. The Morgan fingerprint density at radius 2 is 2.18 bits per heavy atom. The fourth-order valence-corrected chi connectivity index (χ4v) is 2.12. The number of benzene rings is 1. The van der Waals surface area contributed by atoms with Crippen LogP contribution in [0.25, 0.3) is 11.1 Å². The van der Waals surface area contributed by atoms with E-state index in [1.807, 2.05) is 6.92 Å². The molecule has 0 spiro atoms. The van der Waals surface area contributed by atoms with Crippen LogP contribution in [-0.4, -0.2) is 16.7 Å². The van der Waals surface area contributed by atoms with Gasteiger partial charge < -0.3 is 5.73 Å². The number of nitrogens with one attached hydrogen (secondary N) is 1. The number of nitrogens with zero attached hydrogens (tertiary/aromatic N) is 1. The molecule has 5 heteroatoms. The minimum atomic E-state index is -0.347. The number of hydrogen-bond acceptors (Lipinski definition) is 2. The van der Waals surface area contributed by atoms with Gasteiger partial charge in [0.2, 0.25) is 0 Å². The normalized spacial score (nSPS) is 10.8. The molecule has 0 bridgehead atoms. The molecule has 0 unspecified atom stereocenters. The minimum Gasteiger partial charge on any atom is -0.330 e. The molecule has 2 aromatic rings. The molecule has 2 rings (SSSR count). The highest BCUT2D eigenvalue weighted by Crippen LogP contribution is 2.34. The largest absolute Gasteiger partial charge is 0.330 e. The van der Waals surface area contributed by atoms with Crippen LogP contribution in [-0.2, 0) is 6.42 Å². The van der Waals surface area contributed by atoms with Crippen LogP contribution in [0.5, 0.6) is 0 Å². The highest BCUT2D eigenvalue weighted by Gasteiger charge is 2.18. The fourth-order valence-electron chi connectivity index (χ4n) is 1.87. The van der Waals surface area contributed by atoms with Gasteiger partial charge in [0, 0.05) is 23.2 Å². The second-order valence-corrected chi connectivity index (χ2v) is 4.21. The standard InChI is InChI=1S/C12H13ClFN3/c1-7-11(10(5-6-15)17-16-7)12-8(13)3-2-4-9(12)14/h2-4H,5-6,15H2,1H3,(H,16,17). The Hall–Kier alpha value is -1.39. The summed E-state index contributed by atoms with van der Waals surface area (Å²) in [6.07, 6.45) is 0.588. The summed E-state index contributed by atoms with van der Waals surface area (Å²) >= 11 is 6.05. The number of aryl methyl sites for hydroxylation is 1. The van der Waals surface area contributed by atoms with E-state index in [0.29, 0.717) is 23.6 Å². The van der Waals surface area contributed by atoms with Crippen LogP contribution in [0.1, 0.15) is 11.4 Å². The maximum absolute atomic E-state index is 13.9. The Morgan fingerprint density at radius 3 is 2.82 bits per heavy atom. The third kappa shape index (κ3) is 2.18. The smallest absolute Gasteiger partial charge is 0.132 e. The Morgan fingerprint density at radius 1 is 1.41 bits per heavy atom. The monoisotopic (exact) mass is 253 g/mol. The van der Waals surface area contributed by atoms with Crippen molar-refractivity contribution in [2.75, 3.05) is 6.54 Å². The lowest BCUT2D eigenvalue weighted by atomic mass is 10.0. The molecule has 0 saturated heterocycles. The number of aromatic amines is 1. The first-order chi connectivity index (χ1) is 8.15. The van der Waals surface area contributed by atoms with E-state index >= 15 is 0 Å². The summed E-state index contributed by atoms with van der Waals surface area (Å²) in [5.74, 6) is -0.347. The summed E-state index contributed by atoms with van der Waals surface area (Å²) in [6, 6.07) is 4.64. The van der Waals surface area contributed by atoms with Crippen LogP contribution in [0.2, 0.25) is 5.02 Å². The topological polar surface area (TPSA) is 54.7 Å². The predicted octanol–water partition coefficient (Wildman–Crippen LogP) is 2.68. The molecule has 3 N–H and O–H groups in total. The number of halogens is 2. The molecule has 0 saturated carbocycles. The molecule has 1 heterocycles. The fraction of sp³-hybridized carbons (Fsp3) is 0.250. The molecule has 3 nitrogen and oxygen atoms in total. The van der Waals surface area contributed by atoms with Gasteiger partial charge in [-0.15, -0.1) is 0 Å². The molecule has 0 radical (unpaired) electrons. The highest BCUT2D eigenvalue weighted by atomic mass is 35.5. The van der Waals surface area contributed by atoms with Crippen molar-refractivity contribution in [1.29, 1.82) is 0 Å². The van der Waals surface area contributed by atoms with Crippen molar-refractivity contribution in [2.45, 2.75) is 13.3 Å². The molecule has 1 aromatic carbocycles. The SMILES string of the molecule is Cc1[nH]nc(CCN)c1-c1c(F)cccc1Cl. The van der Waals surface area contributed by atoms with Crippen LogP contribution in [0.15, 0.2) is 18.2 Å². The van der Waals surface area contributed by atoms with Crippen molar-refractivity contribution in [3.05, 3.63) is 40.4 Å². The lowest BCUT2D eigenvalue weighted by molar-refractivity contribution is 0.631. The summed E-state index contributed by atoms with van der Waals surface area (Å²) in [5, 5.41) is 7.36. The molecule has 17 heavy (non-hydrogen) atoms. The quantitative estimate of drug-likeness (QED) is 0.884. The zero-order chi connectivity index (χ0) is 12.4. The van der Waals surface area contributed by atoms with Crippen LogP contribution < -0.4 is 5.73 Å². The predicted molar refractivity (Wildman–Crippen MR) is 66.5 cm³/mol. The summed E-state index contributed by atoms with van der Waals surface area (Å²) < 4.78 is 13.9. The number of hydrogen-bond donors (Lipinski definition) is 2. The first-order valence-electron chi connectivity index (χ1n) is 5.33. The maximum atomic E-state index is 13.9. The number of nitrogens with two attached hydrogens (primary N) is 1. The van der Waals surface area contributed by atoms with Crippen LogP contribution in [0, 0.1) is 12.7 Å². The zero-order valence-corrected chi connectivity index (χ0v) is 10.2.